The standard InChI is InChI=1S/C22H28INO3/c1-16(2)21(27-17(3)24-14-18-10-6-5-7-11-18)22(26-15-25-4)19-12-8-9-13-20(19)23/h5-13,16,21-22,24H,3,14-15H2,1-2,4H3/t21-,22-/m0/s1. The first-order valence-electron chi connectivity index (χ1n) is 9.01. The van der Waals surface area contributed by atoms with Crippen LogP contribution in [0.3, 0.4) is 0 Å². The summed E-state index contributed by atoms with van der Waals surface area (Å²) in [7, 11) is 1.62. The van der Waals surface area contributed by atoms with E-state index in [1.165, 1.54) is 5.56 Å². The van der Waals surface area contributed by atoms with Crippen LogP contribution in [0.15, 0.2) is 67.1 Å². The molecule has 2 rings (SSSR count). The first-order chi connectivity index (χ1) is 13.0. The molecule has 0 aliphatic rings. The highest BCUT2D eigenvalue weighted by Gasteiger charge is 2.30. The van der Waals surface area contributed by atoms with E-state index < -0.39 is 0 Å². The van der Waals surface area contributed by atoms with E-state index in [0.29, 0.717) is 12.4 Å². The molecule has 0 radical (unpaired) electrons. The molecule has 2 atom stereocenters. The van der Waals surface area contributed by atoms with Gasteiger partial charge in [0.1, 0.15) is 19.0 Å². The predicted octanol–water partition coefficient (Wildman–Crippen LogP) is 5.26. The lowest BCUT2D eigenvalue weighted by molar-refractivity contribution is -0.132. The van der Waals surface area contributed by atoms with Gasteiger partial charge in [0, 0.05) is 17.2 Å². The Bertz CT molecular complexity index is 706. The average molecular weight is 481 g/mol. The third kappa shape index (κ3) is 6.83. The van der Waals surface area contributed by atoms with E-state index >= 15 is 0 Å². The van der Waals surface area contributed by atoms with E-state index in [9.17, 15) is 0 Å². The third-order valence-electron chi connectivity index (χ3n) is 4.14. The lowest BCUT2D eigenvalue weighted by Gasteiger charge is -2.32. The van der Waals surface area contributed by atoms with Crippen LogP contribution in [0.5, 0.6) is 0 Å². The van der Waals surface area contributed by atoms with Crippen LogP contribution in [0.4, 0.5) is 0 Å². The quantitative estimate of drug-likeness (QED) is 0.270. The molecule has 0 fully saturated rings. The molecule has 0 aromatic heterocycles. The Morgan fingerprint density at radius 2 is 1.74 bits per heavy atom. The fourth-order valence-corrected chi connectivity index (χ4v) is 3.45. The van der Waals surface area contributed by atoms with Crippen molar-refractivity contribution in [2.24, 2.45) is 5.92 Å². The van der Waals surface area contributed by atoms with E-state index in [0.717, 1.165) is 9.13 Å². The van der Waals surface area contributed by atoms with Crippen LogP contribution >= 0.6 is 22.6 Å². The minimum Gasteiger partial charge on any atom is -0.473 e. The van der Waals surface area contributed by atoms with Gasteiger partial charge in [-0.05, 0) is 52.3 Å². The van der Waals surface area contributed by atoms with Crippen LogP contribution in [0.2, 0.25) is 0 Å². The summed E-state index contributed by atoms with van der Waals surface area (Å²) in [6, 6.07) is 18.3. The van der Waals surface area contributed by atoms with Gasteiger partial charge < -0.3 is 19.5 Å². The normalized spacial score (nSPS) is 13.2. The van der Waals surface area contributed by atoms with Gasteiger partial charge in [0.2, 0.25) is 0 Å². The van der Waals surface area contributed by atoms with Crippen molar-refractivity contribution in [1.82, 2.24) is 5.32 Å². The second-order valence-corrected chi connectivity index (χ2v) is 7.77. The highest BCUT2D eigenvalue weighted by molar-refractivity contribution is 14.1. The maximum atomic E-state index is 6.21. The summed E-state index contributed by atoms with van der Waals surface area (Å²) in [4.78, 5) is 0. The number of nitrogens with one attached hydrogen (secondary N) is 1. The minimum atomic E-state index is -0.256. The fourth-order valence-electron chi connectivity index (χ4n) is 2.76. The predicted molar refractivity (Wildman–Crippen MR) is 117 cm³/mol. The molecule has 0 amide bonds. The van der Waals surface area contributed by atoms with Gasteiger partial charge in [-0.25, -0.2) is 0 Å². The Kier molecular flexibility index (Phi) is 9.10. The van der Waals surface area contributed by atoms with Crippen molar-refractivity contribution >= 4 is 22.6 Å². The molecule has 0 heterocycles. The summed E-state index contributed by atoms with van der Waals surface area (Å²) < 4.78 is 18.5. The minimum absolute atomic E-state index is 0.201. The van der Waals surface area contributed by atoms with E-state index in [1.807, 2.05) is 30.3 Å². The summed E-state index contributed by atoms with van der Waals surface area (Å²) in [6.45, 7) is 9.15. The molecule has 2 aromatic carbocycles. The summed E-state index contributed by atoms with van der Waals surface area (Å²) in [5.41, 5.74) is 2.26. The maximum absolute atomic E-state index is 6.21. The van der Waals surface area contributed by atoms with Gasteiger partial charge >= 0.3 is 0 Å². The second kappa shape index (κ2) is 11.3. The molecule has 146 valence electrons. The van der Waals surface area contributed by atoms with E-state index in [4.69, 9.17) is 14.2 Å². The molecule has 2 aromatic rings. The van der Waals surface area contributed by atoms with Crippen LogP contribution < -0.4 is 5.32 Å². The van der Waals surface area contributed by atoms with Gasteiger partial charge in [0.25, 0.3) is 0 Å². The van der Waals surface area contributed by atoms with Crippen LogP contribution in [-0.2, 0) is 20.8 Å². The molecule has 27 heavy (non-hydrogen) atoms. The lowest BCUT2D eigenvalue weighted by Crippen LogP contribution is -2.33. The topological polar surface area (TPSA) is 39.7 Å². The van der Waals surface area contributed by atoms with Crippen molar-refractivity contribution in [3.63, 3.8) is 0 Å². The van der Waals surface area contributed by atoms with Gasteiger partial charge in [0.15, 0.2) is 5.88 Å². The van der Waals surface area contributed by atoms with Crippen LogP contribution in [0.25, 0.3) is 0 Å². The molecule has 1 N–H and O–H groups in total. The SMILES string of the molecule is C=C(NCc1ccccc1)O[C@@H](C(C)C)[C@@H](OCOC)c1ccccc1I. The molecule has 4 nitrogen and oxygen atoms in total. The smallest absolute Gasteiger partial charge is 0.179 e. The number of halogens is 1. The highest BCUT2D eigenvalue weighted by Crippen LogP contribution is 2.32. The molecule has 0 saturated heterocycles. The number of hydrogen-bond acceptors (Lipinski definition) is 4. The highest BCUT2D eigenvalue weighted by atomic mass is 127. The van der Waals surface area contributed by atoms with Crippen molar-refractivity contribution in [1.29, 1.82) is 0 Å². The first kappa shape index (κ1) is 21.7. The van der Waals surface area contributed by atoms with Crippen molar-refractivity contribution in [3.8, 4) is 0 Å². The van der Waals surface area contributed by atoms with Crippen molar-refractivity contribution in [2.75, 3.05) is 13.9 Å². The molecule has 5 heteroatoms. The number of benzene rings is 2. The van der Waals surface area contributed by atoms with Crippen molar-refractivity contribution in [3.05, 3.63) is 81.8 Å². The molecule has 0 unspecified atom stereocenters. The summed E-state index contributed by atoms with van der Waals surface area (Å²) in [5.74, 6) is 0.757. The number of methoxy groups -OCH3 is 1. The Labute approximate surface area is 176 Å². The van der Waals surface area contributed by atoms with Crippen LogP contribution in [-0.4, -0.2) is 20.0 Å². The Balaban J connectivity index is 2.11. The molecule has 0 bridgehead atoms. The van der Waals surface area contributed by atoms with Gasteiger partial charge in [-0.2, -0.15) is 0 Å². The largest absolute Gasteiger partial charge is 0.473 e. The maximum Gasteiger partial charge on any atom is 0.179 e. The third-order valence-corrected chi connectivity index (χ3v) is 5.13. The van der Waals surface area contributed by atoms with Crippen LogP contribution in [0, 0.1) is 9.49 Å². The number of ether oxygens (including phenoxy) is 3. The summed E-state index contributed by atoms with van der Waals surface area (Å²) in [5, 5.41) is 3.26. The monoisotopic (exact) mass is 481 g/mol. The number of hydrogen-bond donors (Lipinski definition) is 1. The molecule has 0 spiro atoms. The fraction of sp³-hybridized carbons (Fsp3) is 0.364. The number of rotatable bonds is 11. The zero-order valence-corrected chi connectivity index (χ0v) is 18.3. The second-order valence-electron chi connectivity index (χ2n) is 6.60. The van der Waals surface area contributed by atoms with Crippen molar-refractivity contribution < 1.29 is 14.2 Å². The Hall–Kier alpha value is -1.57. The van der Waals surface area contributed by atoms with Gasteiger partial charge in [-0.3, -0.25) is 0 Å². The molecular formula is C22H28INO3. The zero-order valence-electron chi connectivity index (χ0n) is 16.2. The Morgan fingerprint density at radius 1 is 1.07 bits per heavy atom. The summed E-state index contributed by atoms with van der Waals surface area (Å²) in [6.07, 6.45) is -0.458. The average Bonchev–Trinajstić information content (AvgIpc) is 2.67. The molecule has 0 aliphatic heterocycles. The van der Waals surface area contributed by atoms with E-state index in [1.54, 1.807) is 7.11 Å². The van der Waals surface area contributed by atoms with E-state index in [-0.39, 0.29) is 24.9 Å². The Morgan fingerprint density at radius 3 is 2.37 bits per heavy atom. The first-order valence-corrected chi connectivity index (χ1v) is 10.1. The van der Waals surface area contributed by atoms with E-state index in [2.05, 4.69) is 72.6 Å². The molecule has 0 aliphatic carbocycles. The summed E-state index contributed by atoms with van der Waals surface area (Å²) >= 11 is 2.33. The van der Waals surface area contributed by atoms with Gasteiger partial charge in [-0.15, -0.1) is 0 Å². The van der Waals surface area contributed by atoms with Crippen molar-refractivity contribution in [2.45, 2.75) is 32.6 Å². The van der Waals surface area contributed by atoms with Crippen LogP contribution in [0.1, 0.15) is 31.1 Å². The van der Waals surface area contributed by atoms with Gasteiger partial charge in [0.05, 0.1) is 0 Å². The zero-order chi connectivity index (χ0) is 19.6. The molecule has 0 saturated carbocycles. The van der Waals surface area contributed by atoms with Gasteiger partial charge in [-0.1, -0.05) is 62.4 Å². The lowest BCUT2D eigenvalue weighted by atomic mass is 9.95. The molecular weight excluding hydrogens is 453 g/mol.